The Morgan fingerprint density at radius 3 is 1.00 bits per heavy atom. The highest BCUT2D eigenvalue weighted by molar-refractivity contribution is 5.42. The van der Waals surface area contributed by atoms with Crippen LogP contribution in [0.2, 0.25) is 0 Å². The molecule has 0 amide bonds. The Kier molecular flexibility index (Phi) is 6.91. The van der Waals surface area contributed by atoms with Gasteiger partial charge in [0, 0.05) is 11.4 Å². The summed E-state index contributed by atoms with van der Waals surface area (Å²) in [5.74, 6) is 0.598. The minimum absolute atomic E-state index is 0.598. The molecule has 0 radical (unpaired) electrons. The lowest BCUT2D eigenvalue weighted by Crippen LogP contribution is -2.04. The first-order valence-electron chi connectivity index (χ1n) is 11.4. The van der Waals surface area contributed by atoms with Crippen LogP contribution in [0.5, 0.6) is 0 Å². The SMILES string of the molecule is CC(Cc1ccc(Cc2ccc(N)cc2)cc1)Cc1ccc(Cc2ccc(N)cc2)cc1. The predicted molar refractivity (Wildman–Crippen MR) is 137 cm³/mol. The highest BCUT2D eigenvalue weighted by atomic mass is 14.5. The van der Waals surface area contributed by atoms with Crippen molar-refractivity contribution >= 4 is 11.4 Å². The van der Waals surface area contributed by atoms with Crippen LogP contribution in [-0.4, -0.2) is 0 Å². The van der Waals surface area contributed by atoms with Crippen molar-refractivity contribution < 1.29 is 0 Å². The van der Waals surface area contributed by atoms with Crippen LogP contribution < -0.4 is 11.5 Å². The van der Waals surface area contributed by atoms with Crippen molar-refractivity contribution in [3.8, 4) is 0 Å². The average molecular weight is 421 g/mol. The molecule has 0 saturated carbocycles. The molecule has 0 aliphatic heterocycles. The molecular formula is C30H32N2. The van der Waals surface area contributed by atoms with E-state index in [1.54, 1.807) is 0 Å². The quantitative estimate of drug-likeness (QED) is 0.322. The van der Waals surface area contributed by atoms with Gasteiger partial charge < -0.3 is 11.5 Å². The minimum atomic E-state index is 0.598. The van der Waals surface area contributed by atoms with Gasteiger partial charge in [0.05, 0.1) is 0 Å². The Morgan fingerprint density at radius 2 is 0.688 bits per heavy atom. The van der Waals surface area contributed by atoms with Crippen LogP contribution in [0, 0.1) is 5.92 Å². The van der Waals surface area contributed by atoms with Crippen molar-refractivity contribution in [2.45, 2.75) is 32.6 Å². The second kappa shape index (κ2) is 10.2. The van der Waals surface area contributed by atoms with Gasteiger partial charge in [-0.15, -0.1) is 0 Å². The summed E-state index contributed by atoms with van der Waals surface area (Å²) >= 11 is 0. The molecule has 4 rings (SSSR count). The summed E-state index contributed by atoms with van der Waals surface area (Å²) in [4.78, 5) is 0. The highest BCUT2D eigenvalue weighted by Gasteiger charge is 2.07. The van der Waals surface area contributed by atoms with Crippen LogP contribution in [0.25, 0.3) is 0 Å². The van der Waals surface area contributed by atoms with Gasteiger partial charge in [-0.1, -0.05) is 79.7 Å². The largest absolute Gasteiger partial charge is 0.399 e. The molecule has 32 heavy (non-hydrogen) atoms. The van der Waals surface area contributed by atoms with Gasteiger partial charge >= 0.3 is 0 Å². The first kappa shape index (κ1) is 21.7. The topological polar surface area (TPSA) is 52.0 Å². The maximum Gasteiger partial charge on any atom is 0.0314 e. The molecule has 0 bridgehead atoms. The molecule has 0 unspecified atom stereocenters. The van der Waals surface area contributed by atoms with Gasteiger partial charge in [0.25, 0.3) is 0 Å². The van der Waals surface area contributed by atoms with Crippen LogP contribution >= 0.6 is 0 Å². The summed E-state index contributed by atoms with van der Waals surface area (Å²) in [6, 6.07) is 34.4. The van der Waals surface area contributed by atoms with Crippen molar-refractivity contribution in [3.63, 3.8) is 0 Å². The molecular weight excluding hydrogens is 388 g/mol. The molecule has 2 nitrogen and oxygen atoms in total. The van der Waals surface area contributed by atoms with Crippen molar-refractivity contribution in [2.24, 2.45) is 5.92 Å². The summed E-state index contributed by atoms with van der Waals surface area (Å²) in [6.45, 7) is 2.34. The zero-order chi connectivity index (χ0) is 22.3. The third-order valence-corrected chi connectivity index (χ3v) is 5.99. The molecule has 0 spiro atoms. The van der Waals surface area contributed by atoms with Crippen LogP contribution in [-0.2, 0) is 25.7 Å². The van der Waals surface area contributed by atoms with Crippen LogP contribution in [0.15, 0.2) is 97.1 Å². The van der Waals surface area contributed by atoms with Crippen molar-refractivity contribution in [3.05, 3.63) is 130 Å². The summed E-state index contributed by atoms with van der Waals surface area (Å²) in [7, 11) is 0. The predicted octanol–water partition coefficient (Wildman–Crippen LogP) is 6.45. The van der Waals surface area contributed by atoms with E-state index in [0.717, 1.165) is 37.1 Å². The summed E-state index contributed by atoms with van der Waals surface area (Å²) in [5.41, 5.74) is 21.2. The fraction of sp³-hybridized carbons (Fsp3) is 0.200. The minimum Gasteiger partial charge on any atom is -0.399 e. The lowest BCUT2D eigenvalue weighted by Gasteiger charge is -2.13. The molecule has 0 heterocycles. The van der Waals surface area contributed by atoms with Crippen molar-refractivity contribution in [2.75, 3.05) is 11.5 Å². The van der Waals surface area contributed by atoms with Gasteiger partial charge in [-0.3, -0.25) is 0 Å². The third-order valence-electron chi connectivity index (χ3n) is 5.99. The second-order valence-corrected chi connectivity index (χ2v) is 8.98. The van der Waals surface area contributed by atoms with E-state index in [1.807, 2.05) is 24.3 Å². The van der Waals surface area contributed by atoms with E-state index >= 15 is 0 Å². The van der Waals surface area contributed by atoms with Gasteiger partial charge in [0.1, 0.15) is 0 Å². The number of hydrogen-bond acceptors (Lipinski definition) is 2. The number of rotatable bonds is 8. The van der Waals surface area contributed by atoms with Crippen molar-refractivity contribution in [1.29, 1.82) is 0 Å². The molecule has 4 aromatic carbocycles. The van der Waals surface area contributed by atoms with E-state index in [1.165, 1.54) is 33.4 Å². The number of anilines is 2. The summed E-state index contributed by atoms with van der Waals surface area (Å²) < 4.78 is 0. The van der Waals surface area contributed by atoms with Crippen LogP contribution in [0.1, 0.15) is 40.3 Å². The Labute approximate surface area is 191 Å². The van der Waals surface area contributed by atoms with E-state index in [2.05, 4.69) is 79.7 Å². The van der Waals surface area contributed by atoms with E-state index in [9.17, 15) is 0 Å². The number of hydrogen-bond donors (Lipinski definition) is 2. The van der Waals surface area contributed by atoms with Gasteiger partial charge in [0.15, 0.2) is 0 Å². The first-order valence-corrected chi connectivity index (χ1v) is 11.4. The Bertz CT molecular complexity index is 1020. The van der Waals surface area contributed by atoms with E-state index in [4.69, 9.17) is 11.5 Å². The van der Waals surface area contributed by atoms with Gasteiger partial charge in [0.2, 0.25) is 0 Å². The zero-order valence-corrected chi connectivity index (χ0v) is 18.8. The normalized spacial score (nSPS) is 11.1. The van der Waals surface area contributed by atoms with Crippen LogP contribution in [0.3, 0.4) is 0 Å². The molecule has 0 fully saturated rings. The van der Waals surface area contributed by atoms with E-state index < -0.39 is 0 Å². The molecule has 162 valence electrons. The summed E-state index contributed by atoms with van der Waals surface area (Å²) in [6.07, 6.45) is 4.07. The Hall–Kier alpha value is -3.52. The number of nitrogen functional groups attached to an aromatic ring is 2. The third kappa shape index (κ3) is 6.24. The number of nitrogens with two attached hydrogens (primary N) is 2. The smallest absolute Gasteiger partial charge is 0.0314 e. The lowest BCUT2D eigenvalue weighted by atomic mass is 9.92. The van der Waals surface area contributed by atoms with Gasteiger partial charge in [-0.2, -0.15) is 0 Å². The lowest BCUT2D eigenvalue weighted by molar-refractivity contribution is 0.577. The molecule has 0 aromatic heterocycles. The van der Waals surface area contributed by atoms with Crippen molar-refractivity contribution in [1.82, 2.24) is 0 Å². The molecule has 4 aromatic rings. The number of benzene rings is 4. The molecule has 0 saturated heterocycles. The monoisotopic (exact) mass is 420 g/mol. The molecule has 4 N–H and O–H groups in total. The average Bonchev–Trinajstić information content (AvgIpc) is 2.79. The van der Waals surface area contributed by atoms with Gasteiger partial charge in [-0.25, -0.2) is 0 Å². The first-order chi connectivity index (χ1) is 15.5. The van der Waals surface area contributed by atoms with E-state index in [-0.39, 0.29) is 0 Å². The molecule has 0 aliphatic rings. The maximum atomic E-state index is 5.78. The molecule has 2 heteroatoms. The van der Waals surface area contributed by atoms with E-state index in [0.29, 0.717) is 5.92 Å². The Morgan fingerprint density at radius 1 is 0.438 bits per heavy atom. The van der Waals surface area contributed by atoms with Gasteiger partial charge in [-0.05, 0) is 89.2 Å². The fourth-order valence-electron chi connectivity index (χ4n) is 4.21. The highest BCUT2D eigenvalue weighted by Crippen LogP contribution is 2.19. The Balaban J connectivity index is 1.28. The second-order valence-electron chi connectivity index (χ2n) is 8.98. The summed E-state index contributed by atoms with van der Waals surface area (Å²) in [5, 5.41) is 0. The zero-order valence-electron chi connectivity index (χ0n) is 18.8. The molecule has 0 aliphatic carbocycles. The maximum absolute atomic E-state index is 5.78. The van der Waals surface area contributed by atoms with Crippen LogP contribution in [0.4, 0.5) is 11.4 Å². The standard InChI is InChI=1S/C30H32N2/c1-22(18-23-2-6-25(7-3-23)20-27-10-14-29(31)15-11-27)19-24-4-8-26(9-5-24)21-28-12-16-30(32)17-13-28/h2-17,22H,18-21,31-32H2,1H3. The fourth-order valence-corrected chi connectivity index (χ4v) is 4.21. The molecule has 0 atom stereocenters.